The van der Waals surface area contributed by atoms with Gasteiger partial charge in [0.15, 0.2) is 5.78 Å². The fraction of sp³-hybridized carbons (Fsp3) is 0.214. The van der Waals surface area contributed by atoms with Gasteiger partial charge in [-0.25, -0.2) is 8.78 Å². The molecule has 0 aliphatic heterocycles. The molecule has 0 aliphatic rings. The van der Waals surface area contributed by atoms with Gasteiger partial charge in [-0.1, -0.05) is 6.92 Å². The summed E-state index contributed by atoms with van der Waals surface area (Å²) in [7, 11) is -1.81. The molecule has 6 heteroatoms. The van der Waals surface area contributed by atoms with Crippen LogP contribution in [0.1, 0.15) is 21.5 Å². The van der Waals surface area contributed by atoms with E-state index in [1.807, 2.05) is 13.0 Å². The van der Waals surface area contributed by atoms with Crippen molar-refractivity contribution in [1.82, 2.24) is 0 Å². The molecule has 1 aromatic carbocycles. The second kappa shape index (κ2) is 6.37. The van der Waals surface area contributed by atoms with Crippen molar-refractivity contribution in [2.24, 2.45) is 0 Å². The standard InChI is InChI=1S/C14H12F2O2S2/c1-2-10-4-5-13(19-10)12(17)8-20(18)14-6-3-9(15)7-11(14)16/h3-7H,2,8H2,1H3. The third-order valence-corrected chi connectivity index (χ3v) is 5.30. The van der Waals surface area contributed by atoms with Crippen LogP contribution in [-0.2, 0) is 17.2 Å². The molecule has 0 saturated heterocycles. The normalized spacial score (nSPS) is 12.3. The molecular weight excluding hydrogens is 302 g/mol. The van der Waals surface area contributed by atoms with E-state index in [9.17, 15) is 17.8 Å². The molecule has 1 heterocycles. The zero-order valence-electron chi connectivity index (χ0n) is 10.7. The van der Waals surface area contributed by atoms with E-state index in [-0.39, 0.29) is 16.4 Å². The third-order valence-electron chi connectivity index (χ3n) is 2.69. The highest BCUT2D eigenvalue weighted by atomic mass is 32.2. The van der Waals surface area contributed by atoms with Gasteiger partial charge in [0.05, 0.1) is 26.3 Å². The number of carbonyl (C=O) groups excluding carboxylic acids is 1. The van der Waals surface area contributed by atoms with Crippen LogP contribution in [0.5, 0.6) is 0 Å². The second-order valence-electron chi connectivity index (χ2n) is 4.11. The predicted molar refractivity (Wildman–Crippen MR) is 75.7 cm³/mol. The Hall–Kier alpha value is -1.40. The first-order valence-electron chi connectivity index (χ1n) is 5.96. The third kappa shape index (κ3) is 3.37. The van der Waals surface area contributed by atoms with Gasteiger partial charge in [0.1, 0.15) is 11.6 Å². The van der Waals surface area contributed by atoms with Crippen LogP contribution >= 0.6 is 11.3 Å². The Morgan fingerprint density at radius 2 is 2.00 bits per heavy atom. The Kier molecular flexibility index (Phi) is 4.77. The summed E-state index contributed by atoms with van der Waals surface area (Å²) in [6.45, 7) is 1.98. The molecule has 2 rings (SSSR count). The number of halogens is 2. The van der Waals surface area contributed by atoms with Crippen LogP contribution in [0.25, 0.3) is 0 Å². The number of hydrogen-bond acceptors (Lipinski definition) is 3. The highest BCUT2D eigenvalue weighted by Gasteiger charge is 2.17. The van der Waals surface area contributed by atoms with Gasteiger partial charge in [-0.05, 0) is 30.7 Å². The molecule has 2 aromatic rings. The van der Waals surface area contributed by atoms with E-state index in [0.29, 0.717) is 10.9 Å². The topological polar surface area (TPSA) is 34.1 Å². The maximum Gasteiger partial charge on any atom is 0.185 e. The van der Waals surface area contributed by atoms with Gasteiger partial charge in [0.25, 0.3) is 0 Å². The van der Waals surface area contributed by atoms with Crippen molar-refractivity contribution < 1.29 is 17.8 Å². The first-order valence-corrected chi connectivity index (χ1v) is 8.10. The number of benzene rings is 1. The molecule has 0 radical (unpaired) electrons. The van der Waals surface area contributed by atoms with Gasteiger partial charge >= 0.3 is 0 Å². The van der Waals surface area contributed by atoms with Crippen LogP contribution in [0.3, 0.4) is 0 Å². The largest absolute Gasteiger partial charge is 0.292 e. The quantitative estimate of drug-likeness (QED) is 0.791. The van der Waals surface area contributed by atoms with E-state index >= 15 is 0 Å². The summed E-state index contributed by atoms with van der Waals surface area (Å²) < 4.78 is 38.2. The average Bonchev–Trinajstić information content (AvgIpc) is 2.87. The van der Waals surface area contributed by atoms with Crippen LogP contribution < -0.4 is 0 Å². The van der Waals surface area contributed by atoms with Crippen LogP contribution in [0, 0.1) is 11.6 Å². The zero-order chi connectivity index (χ0) is 14.7. The van der Waals surface area contributed by atoms with E-state index in [0.717, 1.165) is 23.4 Å². The Balaban J connectivity index is 2.13. The smallest absolute Gasteiger partial charge is 0.185 e. The lowest BCUT2D eigenvalue weighted by Gasteiger charge is -2.02. The lowest BCUT2D eigenvalue weighted by molar-refractivity contribution is 0.102. The van der Waals surface area contributed by atoms with Crippen molar-refractivity contribution in [3.63, 3.8) is 0 Å². The predicted octanol–water partition coefficient (Wildman–Crippen LogP) is 3.58. The van der Waals surface area contributed by atoms with E-state index in [2.05, 4.69) is 0 Å². The Bertz CT molecular complexity index is 665. The van der Waals surface area contributed by atoms with E-state index < -0.39 is 22.4 Å². The van der Waals surface area contributed by atoms with Crippen LogP contribution in [0.2, 0.25) is 0 Å². The van der Waals surface area contributed by atoms with Crippen molar-refractivity contribution in [2.45, 2.75) is 18.2 Å². The molecule has 0 saturated carbocycles. The van der Waals surface area contributed by atoms with Gasteiger partial charge in [-0.15, -0.1) is 11.3 Å². The van der Waals surface area contributed by atoms with Crippen molar-refractivity contribution in [1.29, 1.82) is 0 Å². The van der Waals surface area contributed by atoms with Gasteiger partial charge in [-0.2, -0.15) is 0 Å². The lowest BCUT2D eigenvalue weighted by atomic mass is 10.3. The highest BCUT2D eigenvalue weighted by molar-refractivity contribution is 7.85. The van der Waals surface area contributed by atoms with Crippen LogP contribution in [0.15, 0.2) is 35.2 Å². The average molecular weight is 314 g/mol. The molecule has 0 spiro atoms. The SMILES string of the molecule is CCc1ccc(C(=O)CS(=O)c2ccc(F)cc2F)s1. The molecule has 1 aromatic heterocycles. The van der Waals surface area contributed by atoms with Crippen LogP contribution in [0.4, 0.5) is 8.78 Å². The van der Waals surface area contributed by atoms with Crippen molar-refractivity contribution in [2.75, 3.05) is 5.75 Å². The fourth-order valence-electron chi connectivity index (χ4n) is 1.65. The summed E-state index contributed by atoms with van der Waals surface area (Å²) in [5, 5.41) is 0. The molecule has 1 atom stereocenters. The van der Waals surface area contributed by atoms with Gasteiger partial charge in [-0.3, -0.25) is 9.00 Å². The first-order chi connectivity index (χ1) is 9.51. The number of carbonyl (C=O) groups is 1. The van der Waals surface area contributed by atoms with E-state index in [4.69, 9.17) is 0 Å². The van der Waals surface area contributed by atoms with Crippen molar-refractivity contribution in [3.8, 4) is 0 Å². The summed E-state index contributed by atoms with van der Waals surface area (Å²) in [6.07, 6.45) is 0.827. The van der Waals surface area contributed by atoms with Crippen molar-refractivity contribution >= 4 is 27.9 Å². The molecule has 0 bridgehead atoms. The summed E-state index contributed by atoms with van der Waals surface area (Å²) in [4.78, 5) is 13.4. The Morgan fingerprint density at radius 3 is 2.60 bits per heavy atom. The molecule has 0 fully saturated rings. The minimum Gasteiger partial charge on any atom is -0.292 e. The number of hydrogen-bond donors (Lipinski definition) is 0. The molecule has 0 amide bonds. The number of Topliss-reactive ketones (excluding diaryl/α,β-unsaturated/α-hetero) is 1. The zero-order valence-corrected chi connectivity index (χ0v) is 12.3. The summed E-state index contributed by atoms with van der Waals surface area (Å²) in [6, 6.07) is 6.34. The molecule has 20 heavy (non-hydrogen) atoms. The maximum atomic E-state index is 13.5. The van der Waals surface area contributed by atoms with Crippen molar-refractivity contribution in [3.05, 3.63) is 51.7 Å². The second-order valence-corrected chi connectivity index (χ2v) is 6.70. The lowest BCUT2D eigenvalue weighted by Crippen LogP contribution is -2.11. The van der Waals surface area contributed by atoms with E-state index in [1.54, 1.807) is 6.07 Å². The summed E-state index contributed by atoms with van der Waals surface area (Å²) in [5.41, 5.74) is 0. The summed E-state index contributed by atoms with van der Waals surface area (Å²) in [5.74, 6) is -2.22. The summed E-state index contributed by atoms with van der Waals surface area (Å²) >= 11 is 1.35. The minimum absolute atomic E-state index is 0.146. The monoisotopic (exact) mass is 314 g/mol. The molecule has 1 unspecified atom stereocenters. The number of aryl methyl sites for hydroxylation is 1. The maximum absolute atomic E-state index is 13.5. The molecule has 0 aliphatic carbocycles. The van der Waals surface area contributed by atoms with Gasteiger partial charge in [0, 0.05) is 10.9 Å². The highest BCUT2D eigenvalue weighted by Crippen LogP contribution is 2.20. The van der Waals surface area contributed by atoms with Crippen LogP contribution in [-0.4, -0.2) is 15.7 Å². The Morgan fingerprint density at radius 1 is 1.25 bits per heavy atom. The van der Waals surface area contributed by atoms with Gasteiger partial charge < -0.3 is 0 Å². The van der Waals surface area contributed by atoms with E-state index in [1.165, 1.54) is 11.3 Å². The molecule has 106 valence electrons. The molecular formula is C14H12F2O2S2. The Labute approximate surface area is 121 Å². The number of rotatable bonds is 5. The van der Waals surface area contributed by atoms with Gasteiger partial charge in [0.2, 0.25) is 0 Å². The minimum atomic E-state index is -1.81. The number of ketones is 1. The fourth-order valence-corrected chi connectivity index (χ4v) is 3.67. The molecule has 2 nitrogen and oxygen atoms in total. The molecule has 0 N–H and O–H groups in total. The number of thiophene rings is 1. The first kappa shape index (κ1) is 15.0.